The van der Waals surface area contributed by atoms with Gasteiger partial charge in [0.15, 0.2) is 0 Å². The van der Waals surface area contributed by atoms with Crippen LogP contribution in [0.3, 0.4) is 0 Å². The summed E-state index contributed by atoms with van der Waals surface area (Å²) in [5.74, 6) is -0.0811. The van der Waals surface area contributed by atoms with Crippen molar-refractivity contribution >= 4 is 17.8 Å². The molecule has 5 aliphatic rings. The maximum absolute atomic E-state index is 14.9. The Bertz CT molecular complexity index is 1860. The van der Waals surface area contributed by atoms with Gasteiger partial charge in [-0.15, -0.1) is 0 Å². The lowest BCUT2D eigenvalue weighted by molar-refractivity contribution is -0.246. The molecule has 0 radical (unpaired) electrons. The molecule has 9 heteroatoms. The zero-order valence-electron chi connectivity index (χ0n) is 33.8. The number of halogens is 1. The lowest BCUT2D eigenvalue weighted by Gasteiger charge is -2.72. The highest BCUT2D eigenvalue weighted by Gasteiger charge is 2.71. The number of rotatable bonds is 9. The van der Waals surface area contributed by atoms with Crippen molar-refractivity contribution < 1.29 is 29.0 Å². The molecule has 298 valence electrons. The van der Waals surface area contributed by atoms with Crippen molar-refractivity contribution in [3.63, 3.8) is 0 Å². The molecule has 4 unspecified atom stereocenters. The Morgan fingerprint density at radius 1 is 0.891 bits per heavy atom. The fourth-order valence-corrected chi connectivity index (χ4v) is 13.8. The number of aromatic nitrogens is 1. The van der Waals surface area contributed by atoms with E-state index in [-0.39, 0.29) is 57.3 Å². The minimum Gasteiger partial charge on any atom is -0.478 e. The van der Waals surface area contributed by atoms with Crippen LogP contribution >= 0.6 is 0 Å². The molecule has 5 fully saturated rings. The quantitative estimate of drug-likeness (QED) is 0.190. The number of carboxylic acid groups (broad SMARTS) is 1. The van der Waals surface area contributed by atoms with Gasteiger partial charge < -0.3 is 20.8 Å². The van der Waals surface area contributed by atoms with Gasteiger partial charge in [-0.2, -0.15) is 0 Å². The minimum atomic E-state index is -1.09. The van der Waals surface area contributed by atoms with E-state index in [1.54, 1.807) is 12.1 Å². The Hall–Kier alpha value is -3.59. The second kappa shape index (κ2) is 14.1. The summed E-state index contributed by atoms with van der Waals surface area (Å²) in [6, 6.07) is 7.41. The van der Waals surface area contributed by atoms with E-state index in [4.69, 9.17) is 5.11 Å². The second-order valence-corrected chi connectivity index (χ2v) is 19.6. The zero-order valence-corrected chi connectivity index (χ0v) is 33.8. The normalized spacial score (nSPS) is 37.4. The number of carbonyl (C=O) groups is 3. The van der Waals surface area contributed by atoms with Gasteiger partial charge in [-0.25, -0.2) is 9.18 Å². The fourth-order valence-electron chi connectivity index (χ4n) is 13.8. The van der Waals surface area contributed by atoms with Crippen LogP contribution in [0.1, 0.15) is 138 Å². The van der Waals surface area contributed by atoms with Gasteiger partial charge in [0.25, 0.3) is 5.91 Å². The molecule has 5 aliphatic carbocycles. The molecule has 5 saturated carbocycles. The van der Waals surface area contributed by atoms with Gasteiger partial charge in [-0.1, -0.05) is 52.8 Å². The lowest BCUT2D eigenvalue weighted by Crippen LogP contribution is -2.67. The van der Waals surface area contributed by atoms with Crippen molar-refractivity contribution in [3.8, 4) is 0 Å². The fraction of sp³-hybridized carbons (Fsp3) is 0.652. The first-order valence-electron chi connectivity index (χ1n) is 20.8. The first-order chi connectivity index (χ1) is 25.9. The Kier molecular flexibility index (Phi) is 10.2. The van der Waals surface area contributed by atoms with E-state index in [2.05, 4.69) is 63.7 Å². The number of benzene rings is 1. The van der Waals surface area contributed by atoms with Crippen molar-refractivity contribution in [2.24, 2.45) is 56.7 Å². The molecule has 0 saturated heterocycles. The summed E-state index contributed by atoms with van der Waals surface area (Å²) < 4.78 is 14.9. The molecule has 4 N–H and O–H groups in total. The number of allylic oxidation sites excluding steroid dienone is 1. The van der Waals surface area contributed by atoms with E-state index in [9.17, 15) is 23.9 Å². The van der Waals surface area contributed by atoms with Crippen LogP contribution in [0, 0.1) is 62.5 Å². The molecule has 2 amide bonds. The molecule has 2 aromatic rings. The summed E-state index contributed by atoms with van der Waals surface area (Å²) in [7, 11) is 0. The van der Waals surface area contributed by atoms with Gasteiger partial charge in [-0.05, 0) is 159 Å². The number of nitrogens with one attached hydrogen (secondary N) is 2. The third-order valence-corrected chi connectivity index (χ3v) is 17.0. The average Bonchev–Trinajstić information content (AvgIpc) is 3.55. The molecule has 0 aliphatic heterocycles. The smallest absolute Gasteiger partial charge is 0.337 e. The SMILES string of the molecule is C=C(C)[C@@H]1CC[C@]2(C(=O)NCCc3ccc(F)c(C(=O)NCc4ccc(C(=O)O)cn4)c3)CC[C@]3(C)C(CCC4[C@@]5(C)CC[C@H](O)C(C)(C)C5CC[C@]43C)C12. The molecule has 55 heavy (non-hydrogen) atoms. The van der Waals surface area contributed by atoms with Crippen molar-refractivity contribution in [3.05, 3.63) is 76.9 Å². The van der Waals surface area contributed by atoms with E-state index in [1.807, 2.05) is 0 Å². The monoisotopic (exact) mass is 755 g/mol. The highest BCUT2D eigenvalue weighted by molar-refractivity contribution is 5.94. The Morgan fingerprint density at radius 3 is 2.35 bits per heavy atom. The summed E-state index contributed by atoms with van der Waals surface area (Å²) in [6.07, 6.45) is 11.8. The van der Waals surface area contributed by atoms with Crippen LogP contribution in [-0.2, 0) is 17.8 Å². The predicted molar refractivity (Wildman–Crippen MR) is 210 cm³/mol. The van der Waals surface area contributed by atoms with Gasteiger partial charge in [-0.3, -0.25) is 14.6 Å². The van der Waals surface area contributed by atoms with Crippen LogP contribution in [0.5, 0.6) is 0 Å². The second-order valence-electron chi connectivity index (χ2n) is 19.6. The number of hydrogen-bond donors (Lipinski definition) is 4. The number of nitrogens with zero attached hydrogens (tertiary/aromatic N) is 1. The van der Waals surface area contributed by atoms with Gasteiger partial charge in [0.2, 0.25) is 5.91 Å². The van der Waals surface area contributed by atoms with E-state index in [0.29, 0.717) is 42.3 Å². The third kappa shape index (κ3) is 6.26. The van der Waals surface area contributed by atoms with Crippen molar-refractivity contribution in [1.29, 1.82) is 0 Å². The molecule has 1 aromatic carbocycles. The van der Waals surface area contributed by atoms with Crippen LogP contribution in [-0.4, -0.2) is 45.6 Å². The Balaban J connectivity index is 1.05. The number of aromatic carboxylic acids is 1. The number of fused-ring (bicyclic) bond motifs is 7. The number of pyridine rings is 1. The summed E-state index contributed by atoms with van der Waals surface area (Å²) in [6.45, 7) is 19.4. The number of carbonyl (C=O) groups excluding carboxylic acids is 2. The van der Waals surface area contributed by atoms with Crippen molar-refractivity contribution in [2.75, 3.05) is 6.54 Å². The highest BCUT2D eigenvalue weighted by Crippen LogP contribution is 2.77. The Labute approximate surface area is 326 Å². The summed E-state index contributed by atoms with van der Waals surface area (Å²) in [5, 5.41) is 26.2. The molecule has 0 bridgehead atoms. The molecule has 7 rings (SSSR count). The van der Waals surface area contributed by atoms with Crippen molar-refractivity contribution in [1.82, 2.24) is 15.6 Å². The van der Waals surface area contributed by atoms with Crippen LogP contribution in [0.25, 0.3) is 0 Å². The van der Waals surface area contributed by atoms with Crippen molar-refractivity contribution in [2.45, 2.75) is 125 Å². The standard InChI is InChI=1S/C46H62FN3O5/c1-27(2)31-14-20-46(41(55)48-23-17-28-8-12-34(47)32(24-28)39(52)50-26-30-10-9-29(25-49-30)40(53)54)22-21-44(6)33(38(31)46)11-13-36-43(5)18-16-37(51)42(3,4)35(43)15-19-45(36,44)7/h8-10,12,24-25,31,33,35-38,51H,1,11,13-23,26H2,2-7H3,(H,48,55)(H,50,52)(H,53,54)/t31-,33?,35?,36?,37-,38?,43-,44+,45+,46-/m0/s1. The molecule has 1 heterocycles. The minimum absolute atomic E-state index is 0.0227. The number of carboxylic acids is 1. The average molecular weight is 756 g/mol. The molecular weight excluding hydrogens is 694 g/mol. The van der Waals surface area contributed by atoms with Gasteiger partial charge in [0.05, 0.1) is 34.9 Å². The van der Waals surface area contributed by atoms with E-state index in [0.717, 1.165) is 56.9 Å². The van der Waals surface area contributed by atoms with Crippen LogP contribution in [0.4, 0.5) is 4.39 Å². The van der Waals surface area contributed by atoms with Crippen LogP contribution in [0.15, 0.2) is 48.7 Å². The van der Waals surface area contributed by atoms with E-state index in [1.165, 1.54) is 42.8 Å². The summed E-state index contributed by atoms with van der Waals surface area (Å²) >= 11 is 0. The largest absolute Gasteiger partial charge is 0.478 e. The number of aliphatic hydroxyl groups is 1. The zero-order chi connectivity index (χ0) is 39.7. The van der Waals surface area contributed by atoms with E-state index < -0.39 is 23.1 Å². The first kappa shape index (κ1) is 39.6. The molecular formula is C46H62FN3O5. The van der Waals surface area contributed by atoms with Gasteiger partial charge in [0.1, 0.15) is 5.82 Å². The Morgan fingerprint density at radius 2 is 1.65 bits per heavy atom. The van der Waals surface area contributed by atoms with Gasteiger partial charge in [0, 0.05) is 12.7 Å². The third-order valence-electron chi connectivity index (χ3n) is 17.0. The van der Waals surface area contributed by atoms with Crippen LogP contribution < -0.4 is 10.6 Å². The summed E-state index contributed by atoms with van der Waals surface area (Å²) in [5.41, 5.74) is 2.31. The number of amides is 2. The first-order valence-corrected chi connectivity index (χ1v) is 20.8. The predicted octanol–water partition coefficient (Wildman–Crippen LogP) is 8.53. The number of hydrogen-bond acceptors (Lipinski definition) is 5. The van der Waals surface area contributed by atoms with Gasteiger partial charge >= 0.3 is 5.97 Å². The topological polar surface area (TPSA) is 129 Å². The molecule has 8 nitrogen and oxygen atoms in total. The highest BCUT2D eigenvalue weighted by atomic mass is 19.1. The van der Waals surface area contributed by atoms with E-state index >= 15 is 0 Å². The number of aliphatic hydroxyl groups excluding tert-OH is 1. The molecule has 0 spiro atoms. The summed E-state index contributed by atoms with van der Waals surface area (Å²) in [4.78, 5) is 42.8. The molecule has 10 atom stereocenters. The van der Waals surface area contributed by atoms with Crippen LogP contribution in [0.2, 0.25) is 0 Å². The maximum Gasteiger partial charge on any atom is 0.337 e. The molecule has 1 aromatic heterocycles. The lowest BCUT2D eigenvalue weighted by atomic mass is 9.32. The maximum atomic E-state index is 14.9.